The number of rotatable bonds is 8. The molecule has 0 spiro atoms. The second-order valence-electron chi connectivity index (χ2n) is 8.29. The third-order valence-electron chi connectivity index (χ3n) is 6.04. The Morgan fingerprint density at radius 3 is 2.26 bits per heavy atom. The summed E-state index contributed by atoms with van der Waals surface area (Å²) in [6.07, 6.45) is 0.276. The van der Waals surface area contributed by atoms with Crippen LogP contribution in [0.3, 0.4) is 0 Å². The van der Waals surface area contributed by atoms with Crippen molar-refractivity contribution in [1.82, 2.24) is 15.5 Å². The van der Waals surface area contributed by atoms with E-state index in [4.69, 9.17) is 4.74 Å². The summed E-state index contributed by atoms with van der Waals surface area (Å²) >= 11 is 0. The molecule has 0 saturated carbocycles. The van der Waals surface area contributed by atoms with Crippen LogP contribution in [0.15, 0.2) is 84.9 Å². The van der Waals surface area contributed by atoms with Crippen molar-refractivity contribution in [2.75, 3.05) is 13.7 Å². The van der Waals surface area contributed by atoms with Crippen LogP contribution in [0, 0.1) is 0 Å². The number of nitrogens with zero attached hydrogens (tertiary/aromatic N) is 1. The lowest BCUT2D eigenvalue weighted by Gasteiger charge is -2.27. The first-order chi connectivity index (χ1) is 16.4. The Kier molecular flexibility index (Phi) is 6.63. The number of benzene rings is 3. The Morgan fingerprint density at radius 1 is 0.971 bits per heavy atom. The zero-order valence-electron chi connectivity index (χ0n) is 19.2. The molecule has 174 valence electrons. The normalized spacial score (nSPS) is 18.4. The van der Waals surface area contributed by atoms with Crippen molar-refractivity contribution in [2.24, 2.45) is 0 Å². The average Bonchev–Trinajstić information content (AvgIpc) is 3.10. The fourth-order valence-corrected chi connectivity index (χ4v) is 4.34. The van der Waals surface area contributed by atoms with E-state index in [1.54, 1.807) is 7.11 Å². The van der Waals surface area contributed by atoms with E-state index in [-0.39, 0.29) is 19.0 Å². The number of urea groups is 1. The van der Waals surface area contributed by atoms with Gasteiger partial charge in [0, 0.05) is 12.0 Å². The number of ether oxygens (including phenoxy) is 1. The van der Waals surface area contributed by atoms with Gasteiger partial charge < -0.3 is 15.4 Å². The van der Waals surface area contributed by atoms with E-state index >= 15 is 0 Å². The van der Waals surface area contributed by atoms with Crippen molar-refractivity contribution in [3.63, 3.8) is 0 Å². The highest BCUT2D eigenvalue weighted by Crippen LogP contribution is 2.33. The minimum absolute atomic E-state index is 0.276. The van der Waals surface area contributed by atoms with Crippen LogP contribution in [0.4, 0.5) is 4.79 Å². The van der Waals surface area contributed by atoms with Crippen LogP contribution in [-0.4, -0.2) is 36.4 Å². The van der Waals surface area contributed by atoms with Crippen LogP contribution in [0.25, 0.3) is 0 Å². The van der Waals surface area contributed by atoms with Gasteiger partial charge in [-0.1, -0.05) is 78.9 Å². The van der Waals surface area contributed by atoms with Crippen molar-refractivity contribution in [1.29, 1.82) is 0 Å². The Balaban J connectivity index is 1.56. The summed E-state index contributed by atoms with van der Waals surface area (Å²) in [5.74, 6) is -0.241. The molecule has 1 saturated heterocycles. The summed E-state index contributed by atoms with van der Waals surface area (Å²) in [6.45, 7) is 1.44. The smallest absolute Gasteiger partial charge is 0.325 e. The Labute approximate surface area is 198 Å². The van der Waals surface area contributed by atoms with Gasteiger partial charge >= 0.3 is 6.03 Å². The SMILES string of the molecule is COc1ccccc1C(C)NC(=O)CN1C(=O)NC(Cc2ccccc2)(c2ccccc2)C1=O. The number of amides is 4. The van der Waals surface area contributed by atoms with E-state index in [1.165, 1.54) is 0 Å². The van der Waals surface area contributed by atoms with Crippen LogP contribution in [-0.2, 0) is 21.5 Å². The quantitative estimate of drug-likeness (QED) is 0.507. The molecule has 0 aromatic heterocycles. The second kappa shape index (κ2) is 9.79. The molecule has 2 N–H and O–H groups in total. The third kappa shape index (κ3) is 4.50. The molecule has 1 fully saturated rings. The maximum absolute atomic E-state index is 13.7. The number of carbonyl (C=O) groups excluding carboxylic acids is 3. The standard InChI is InChI=1S/C27H27N3O4/c1-19(22-15-9-10-16-23(22)34-2)28-24(31)18-30-25(32)27(29-26(30)33,21-13-7-4-8-14-21)17-20-11-5-3-6-12-20/h3-16,19H,17-18H2,1-2H3,(H,28,31)(H,29,33). The number of imide groups is 1. The van der Waals surface area contributed by atoms with E-state index < -0.39 is 23.4 Å². The first-order valence-electron chi connectivity index (χ1n) is 11.1. The Bertz CT molecular complexity index is 1180. The van der Waals surface area contributed by atoms with Gasteiger partial charge in [0.05, 0.1) is 13.2 Å². The molecule has 7 nitrogen and oxygen atoms in total. The number of hydrogen-bond acceptors (Lipinski definition) is 4. The highest BCUT2D eigenvalue weighted by atomic mass is 16.5. The van der Waals surface area contributed by atoms with Gasteiger partial charge in [0.2, 0.25) is 5.91 Å². The molecule has 0 radical (unpaired) electrons. The summed E-state index contributed by atoms with van der Waals surface area (Å²) in [5, 5.41) is 5.74. The molecular weight excluding hydrogens is 430 g/mol. The van der Waals surface area contributed by atoms with Crippen molar-refractivity contribution in [2.45, 2.75) is 24.9 Å². The van der Waals surface area contributed by atoms with Crippen molar-refractivity contribution >= 4 is 17.8 Å². The van der Waals surface area contributed by atoms with Gasteiger partial charge in [-0.2, -0.15) is 0 Å². The minimum Gasteiger partial charge on any atom is -0.496 e. The highest BCUT2D eigenvalue weighted by Gasteiger charge is 2.52. The number of carbonyl (C=O) groups is 3. The van der Waals surface area contributed by atoms with E-state index in [0.29, 0.717) is 11.3 Å². The van der Waals surface area contributed by atoms with Gasteiger partial charge in [-0.25, -0.2) is 4.79 Å². The predicted octanol–water partition coefficient (Wildman–Crippen LogP) is 3.56. The predicted molar refractivity (Wildman–Crippen MR) is 128 cm³/mol. The minimum atomic E-state index is -1.28. The lowest BCUT2D eigenvalue weighted by atomic mass is 9.83. The average molecular weight is 458 g/mol. The summed E-state index contributed by atoms with van der Waals surface area (Å²) in [7, 11) is 1.57. The van der Waals surface area contributed by atoms with Gasteiger partial charge in [-0.15, -0.1) is 0 Å². The summed E-state index contributed by atoms with van der Waals surface area (Å²) in [4.78, 5) is 40.5. The zero-order chi connectivity index (χ0) is 24.1. The van der Waals surface area contributed by atoms with Crippen LogP contribution in [0.1, 0.15) is 29.7 Å². The maximum Gasteiger partial charge on any atom is 0.325 e. The summed E-state index contributed by atoms with van der Waals surface area (Å²) in [6, 6.07) is 25.0. The lowest BCUT2D eigenvalue weighted by Crippen LogP contribution is -2.47. The fraction of sp³-hybridized carbons (Fsp3) is 0.222. The van der Waals surface area contributed by atoms with Crippen molar-refractivity contribution in [3.05, 3.63) is 102 Å². The van der Waals surface area contributed by atoms with Crippen LogP contribution < -0.4 is 15.4 Å². The highest BCUT2D eigenvalue weighted by molar-refractivity contribution is 6.09. The molecule has 3 aromatic carbocycles. The molecule has 0 aliphatic carbocycles. The molecule has 0 bridgehead atoms. The number of para-hydroxylation sites is 1. The first-order valence-corrected chi connectivity index (χ1v) is 11.1. The van der Waals surface area contributed by atoms with E-state index in [0.717, 1.165) is 16.0 Å². The van der Waals surface area contributed by atoms with Crippen molar-refractivity contribution < 1.29 is 19.1 Å². The third-order valence-corrected chi connectivity index (χ3v) is 6.04. The molecule has 3 aromatic rings. The molecule has 1 aliphatic heterocycles. The Morgan fingerprint density at radius 2 is 1.59 bits per heavy atom. The molecule has 7 heteroatoms. The van der Waals surface area contributed by atoms with Crippen LogP contribution in [0.2, 0.25) is 0 Å². The van der Waals surface area contributed by atoms with Crippen LogP contribution in [0.5, 0.6) is 5.75 Å². The molecule has 2 atom stereocenters. The molecule has 1 aliphatic rings. The van der Waals surface area contributed by atoms with Crippen molar-refractivity contribution in [3.8, 4) is 5.75 Å². The van der Waals surface area contributed by atoms with Crippen LogP contribution >= 0.6 is 0 Å². The monoisotopic (exact) mass is 457 g/mol. The van der Waals surface area contributed by atoms with E-state index in [9.17, 15) is 14.4 Å². The van der Waals surface area contributed by atoms with Gasteiger partial charge in [-0.05, 0) is 24.1 Å². The second-order valence-corrected chi connectivity index (χ2v) is 8.29. The first kappa shape index (κ1) is 23.0. The molecule has 1 heterocycles. The van der Waals surface area contributed by atoms with E-state index in [1.807, 2.05) is 91.9 Å². The largest absolute Gasteiger partial charge is 0.496 e. The molecule has 4 rings (SSSR count). The maximum atomic E-state index is 13.7. The molecule has 4 amide bonds. The van der Waals surface area contributed by atoms with E-state index in [2.05, 4.69) is 10.6 Å². The van der Waals surface area contributed by atoms with Gasteiger partial charge in [0.25, 0.3) is 5.91 Å². The molecule has 2 unspecified atom stereocenters. The molecule has 34 heavy (non-hydrogen) atoms. The van der Waals surface area contributed by atoms with Gasteiger partial charge in [-0.3, -0.25) is 14.5 Å². The molecular formula is C27H27N3O4. The fourth-order valence-electron chi connectivity index (χ4n) is 4.34. The number of nitrogens with one attached hydrogen (secondary N) is 2. The number of hydrogen-bond donors (Lipinski definition) is 2. The summed E-state index contributed by atoms with van der Waals surface area (Å²) in [5.41, 5.74) is 1.09. The summed E-state index contributed by atoms with van der Waals surface area (Å²) < 4.78 is 5.37. The zero-order valence-corrected chi connectivity index (χ0v) is 19.2. The lowest BCUT2D eigenvalue weighted by molar-refractivity contribution is -0.135. The Hall–Kier alpha value is -4.13. The van der Waals surface area contributed by atoms with Gasteiger partial charge in [0.15, 0.2) is 5.54 Å². The van der Waals surface area contributed by atoms with Gasteiger partial charge in [0.1, 0.15) is 12.3 Å². The topological polar surface area (TPSA) is 87.7 Å². The number of methoxy groups -OCH3 is 1.